The number of benzene rings is 3. The molecule has 0 aromatic heterocycles. The van der Waals surface area contributed by atoms with Crippen molar-refractivity contribution in [2.75, 3.05) is 19.8 Å². The van der Waals surface area contributed by atoms with E-state index < -0.39 is 36.3 Å². The minimum Gasteiger partial charge on any atom is -0.487 e. The predicted molar refractivity (Wildman–Crippen MR) is 136 cm³/mol. The summed E-state index contributed by atoms with van der Waals surface area (Å²) in [6.07, 6.45) is -4.20. The molecule has 2 aliphatic rings. The van der Waals surface area contributed by atoms with E-state index in [0.717, 1.165) is 16.7 Å². The summed E-state index contributed by atoms with van der Waals surface area (Å²) in [7, 11) is 0. The summed E-state index contributed by atoms with van der Waals surface area (Å²) in [6.45, 7) is -0.628. The zero-order valence-electron chi connectivity index (χ0n) is 19.9. The van der Waals surface area contributed by atoms with Crippen LogP contribution in [0.15, 0.2) is 72.8 Å². The Morgan fingerprint density at radius 1 is 1.00 bits per heavy atom. The van der Waals surface area contributed by atoms with Crippen LogP contribution in [-0.4, -0.2) is 69.9 Å². The second-order valence-electron chi connectivity index (χ2n) is 9.42. The van der Waals surface area contributed by atoms with Gasteiger partial charge in [0.05, 0.1) is 18.9 Å². The minimum absolute atomic E-state index is 0.150. The van der Waals surface area contributed by atoms with Gasteiger partial charge < -0.3 is 40.0 Å². The van der Waals surface area contributed by atoms with Gasteiger partial charge in [-0.2, -0.15) is 0 Å². The van der Waals surface area contributed by atoms with Crippen LogP contribution < -0.4 is 4.74 Å². The van der Waals surface area contributed by atoms with E-state index in [9.17, 15) is 20.4 Å². The summed E-state index contributed by atoms with van der Waals surface area (Å²) in [4.78, 5) is 0. The third-order valence-corrected chi connectivity index (χ3v) is 7.37. The molecule has 2 saturated heterocycles. The second-order valence-corrected chi connectivity index (χ2v) is 9.83. The van der Waals surface area contributed by atoms with E-state index in [1.54, 1.807) is 18.2 Å². The van der Waals surface area contributed by atoms with Crippen LogP contribution in [0.25, 0.3) is 0 Å². The van der Waals surface area contributed by atoms with Crippen molar-refractivity contribution in [2.24, 2.45) is 0 Å². The molecule has 37 heavy (non-hydrogen) atoms. The zero-order chi connectivity index (χ0) is 26.2. The maximum absolute atomic E-state index is 10.8. The molecule has 5 atom stereocenters. The van der Waals surface area contributed by atoms with E-state index in [1.165, 1.54) is 0 Å². The first-order valence-electron chi connectivity index (χ1n) is 11.9. The van der Waals surface area contributed by atoms with Gasteiger partial charge in [-0.05, 0) is 47.4 Å². The molecule has 5 rings (SSSR count). The topological polar surface area (TPSA) is 132 Å². The molecule has 0 amide bonds. The van der Waals surface area contributed by atoms with Gasteiger partial charge in [-0.15, -0.1) is 0 Å². The van der Waals surface area contributed by atoms with Crippen molar-refractivity contribution < 1.29 is 34.6 Å². The predicted octanol–water partition coefficient (Wildman–Crippen LogP) is 2.40. The van der Waals surface area contributed by atoms with E-state index >= 15 is 0 Å². The molecule has 0 spiro atoms. The molecule has 0 saturated carbocycles. The number of ether oxygens (including phenoxy) is 3. The molecule has 2 aliphatic heterocycles. The minimum atomic E-state index is -1.75. The Hall–Kier alpha value is -2.82. The number of nitrogens with one attached hydrogen (secondary N) is 1. The van der Waals surface area contributed by atoms with Crippen molar-refractivity contribution in [3.63, 3.8) is 0 Å². The lowest BCUT2D eigenvalue weighted by atomic mass is 9.83. The summed E-state index contributed by atoms with van der Waals surface area (Å²) in [6, 6.07) is 21.9. The smallest absolute Gasteiger partial charge is 0.225 e. The van der Waals surface area contributed by atoms with Gasteiger partial charge in [-0.25, -0.2) is 0 Å². The summed E-state index contributed by atoms with van der Waals surface area (Å²) >= 11 is 6.48. The molecule has 0 radical (unpaired) electrons. The molecule has 9 heteroatoms. The van der Waals surface area contributed by atoms with Crippen LogP contribution in [0, 0.1) is 5.41 Å². The quantitative estimate of drug-likeness (QED) is 0.285. The van der Waals surface area contributed by atoms with Crippen LogP contribution in [0.1, 0.15) is 22.3 Å². The van der Waals surface area contributed by atoms with Crippen LogP contribution >= 0.6 is 11.6 Å². The number of aliphatic hydroxyl groups is 4. The molecule has 2 heterocycles. The number of fused-ring (bicyclic) bond motifs is 2. The normalized spacial score (nSPS) is 28.7. The van der Waals surface area contributed by atoms with Gasteiger partial charge in [0.2, 0.25) is 5.79 Å². The SMILES string of the molecule is N=C(COc1ccc(Cc2cc([C@]34OC[C@](CO)(O3)[C@@H](O)[C@H](O)[C@H]4O)ccc2Cl)cc1)c1ccccc1. The highest BCUT2D eigenvalue weighted by atomic mass is 35.5. The Bertz CT molecular complexity index is 1270. The second kappa shape index (κ2) is 10.2. The lowest BCUT2D eigenvalue weighted by molar-refractivity contribution is -0.329. The van der Waals surface area contributed by atoms with Crippen LogP contribution in [0.4, 0.5) is 0 Å². The summed E-state index contributed by atoms with van der Waals surface area (Å²) < 4.78 is 17.5. The van der Waals surface area contributed by atoms with E-state index in [1.807, 2.05) is 54.6 Å². The summed E-state index contributed by atoms with van der Waals surface area (Å²) in [5, 5.41) is 50.1. The van der Waals surface area contributed by atoms with Gasteiger partial charge >= 0.3 is 0 Å². The van der Waals surface area contributed by atoms with Crippen LogP contribution in [-0.2, 0) is 21.7 Å². The molecule has 3 aromatic rings. The third-order valence-electron chi connectivity index (χ3n) is 7.00. The Labute approximate surface area is 219 Å². The van der Waals surface area contributed by atoms with Gasteiger partial charge in [0.25, 0.3) is 0 Å². The Morgan fingerprint density at radius 3 is 2.43 bits per heavy atom. The van der Waals surface area contributed by atoms with Crippen LogP contribution in [0.2, 0.25) is 5.02 Å². The van der Waals surface area contributed by atoms with Crippen LogP contribution in [0.5, 0.6) is 5.75 Å². The maximum Gasteiger partial charge on any atom is 0.225 e. The number of halogens is 1. The van der Waals surface area contributed by atoms with Crippen molar-refractivity contribution in [1.82, 2.24) is 0 Å². The fourth-order valence-corrected chi connectivity index (χ4v) is 4.99. The first-order chi connectivity index (χ1) is 17.8. The average Bonchev–Trinajstić information content (AvgIpc) is 3.32. The Morgan fingerprint density at radius 2 is 1.73 bits per heavy atom. The molecular formula is C28H28ClNO7. The van der Waals surface area contributed by atoms with Crippen molar-refractivity contribution >= 4 is 17.3 Å². The molecular weight excluding hydrogens is 498 g/mol. The fourth-order valence-electron chi connectivity index (χ4n) is 4.80. The molecule has 5 N–H and O–H groups in total. The van der Waals surface area contributed by atoms with E-state index in [2.05, 4.69) is 0 Å². The Kier molecular flexibility index (Phi) is 7.08. The van der Waals surface area contributed by atoms with Crippen molar-refractivity contribution in [3.8, 4) is 5.75 Å². The molecule has 8 nitrogen and oxygen atoms in total. The van der Waals surface area contributed by atoms with Crippen molar-refractivity contribution in [1.29, 1.82) is 5.41 Å². The standard InChI is InChI=1S/C28H28ClNO7/c29-22-11-8-20(28-26(34)24(32)25(33)27(15-31,37-28)16-36-28)13-19(22)12-17-6-9-21(10-7-17)35-14-23(30)18-4-2-1-3-5-18/h1-11,13,24-26,30-34H,12,14-16H2/t24-,25-,26+,27-,28-/m0/s1. The van der Waals surface area contributed by atoms with Gasteiger partial charge in [0, 0.05) is 10.6 Å². The highest BCUT2D eigenvalue weighted by Gasteiger charge is 2.67. The highest BCUT2D eigenvalue weighted by molar-refractivity contribution is 6.31. The number of hydrogen-bond acceptors (Lipinski definition) is 8. The van der Waals surface area contributed by atoms with Crippen molar-refractivity contribution in [3.05, 3.63) is 100 Å². The van der Waals surface area contributed by atoms with E-state index in [0.29, 0.717) is 28.5 Å². The van der Waals surface area contributed by atoms with Crippen molar-refractivity contribution in [2.45, 2.75) is 36.1 Å². The molecule has 0 unspecified atom stereocenters. The molecule has 194 valence electrons. The van der Waals surface area contributed by atoms with E-state index in [-0.39, 0.29) is 13.2 Å². The first-order valence-corrected chi connectivity index (χ1v) is 12.3. The molecule has 3 aromatic carbocycles. The highest BCUT2D eigenvalue weighted by Crippen LogP contribution is 2.49. The molecule has 2 bridgehead atoms. The maximum atomic E-state index is 10.8. The van der Waals surface area contributed by atoms with Gasteiger partial charge in [-0.3, -0.25) is 0 Å². The van der Waals surface area contributed by atoms with Crippen LogP contribution in [0.3, 0.4) is 0 Å². The largest absolute Gasteiger partial charge is 0.487 e. The summed E-state index contributed by atoms with van der Waals surface area (Å²) in [5.74, 6) is -1.11. The fraction of sp³-hybridized carbons (Fsp3) is 0.321. The van der Waals surface area contributed by atoms with E-state index in [4.69, 9.17) is 31.2 Å². The number of hydrogen-bond donors (Lipinski definition) is 5. The van der Waals surface area contributed by atoms with Gasteiger partial charge in [0.1, 0.15) is 36.3 Å². The number of rotatable bonds is 8. The number of aliphatic hydroxyl groups excluding tert-OH is 4. The summed E-state index contributed by atoms with van der Waals surface area (Å²) in [5.41, 5.74) is 1.75. The zero-order valence-corrected chi connectivity index (χ0v) is 20.6. The third kappa shape index (κ3) is 4.66. The Balaban J connectivity index is 1.31. The molecule has 2 fully saturated rings. The monoisotopic (exact) mass is 525 g/mol. The lowest BCUT2D eigenvalue weighted by Crippen LogP contribution is -2.65. The molecule has 0 aliphatic carbocycles. The lowest BCUT2D eigenvalue weighted by Gasteiger charge is -2.46. The van der Waals surface area contributed by atoms with Gasteiger partial charge in [-0.1, -0.05) is 60.1 Å². The average molecular weight is 526 g/mol. The first kappa shape index (κ1) is 25.8. The van der Waals surface area contributed by atoms with Gasteiger partial charge in [0.15, 0.2) is 0 Å².